The molecule has 0 fully saturated rings. The summed E-state index contributed by atoms with van der Waals surface area (Å²) in [5.41, 5.74) is 0.944. The predicted octanol–water partition coefficient (Wildman–Crippen LogP) is 6.00. The van der Waals surface area contributed by atoms with Crippen molar-refractivity contribution in [1.82, 2.24) is 20.2 Å². The number of alkyl halides is 3. The third kappa shape index (κ3) is 9.33. The summed E-state index contributed by atoms with van der Waals surface area (Å²) in [5.74, 6) is -3.64. The van der Waals surface area contributed by atoms with E-state index in [1.807, 2.05) is 12.1 Å². The van der Waals surface area contributed by atoms with Crippen LogP contribution in [0.2, 0.25) is 0 Å². The van der Waals surface area contributed by atoms with Crippen LogP contribution in [0.25, 0.3) is 22.9 Å². The van der Waals surface area contributed by atoms with Crippen LogP contribution in [-0.2, 0) is 25.7 Å². The molecule has 0 aliphatic carbocycles. The summed E-state index contributed by atoms with van der Waals surface area (Å²) >= 11 is 0. The normalized spacial score (nSPS) is 10.4. The van der Waals surface area contributed by atoms with E-state index in [1.54, 1.807) is 70.3 Å². The Kier molecular flexibility index (Phi) is 11.9. The number of halogens is 7. The SMILES string of the molecule is FC(F)(F)c1n[n-]c(-c2ccccn2)n1.Fc1ccc(-[n+]2ccccc2)c(F)c1.Fc1ccc(-[n+]2ccccc2)c(F)c1.[Ru+3]. The molecule has 0 spiro atoms. The van der Waals surface area contributed by atoms with Gasteiger partial charge in [-0.05, 0) is 30.1 Å². The van der Waals surface area contributed by atoms with Gasteiger partial charge in [0.25, 0.3) is 0 Å². The quantitative estimate of drug-likeness (QED) is 0.130. The van der Waals surface area contributed by atoms with Crippen molar-refractivity contribution in [3.63, 3.8) is 0 Å². The van der Waals surface area contributed by atoms with Gasteiger partial charge in [0.05, 0.1) is 5.69 Å². The number of aromatic nitrogens is 6. The molecule has 0 atom stereocenters. The Hall–Kier alpha value is -4.84. The summed E-state index contributed by atoms with van der Waals surface area (Å²) < 4.78 is 91.4. The van der Waals surface area contributed by atoms with Crippen LogP contribution in [0.4, 0.5) is 30.7 Å². The minimum Gasteiger partial charge on any atom is -0.413 e. The van der Waals surface area contributed by atoms with Crippen molar-refractivity contribution in [2.24, 2.45) is 0 Å². The summed E-state index contributed by atoms with van der Waals surface area (Å²) in [7, 11) is 0. The van der Waals surface area contributed by atoms with Gasteiger partial charge in [-0.1, -0.05) is 18.2 Å². The molecule has 0 N–H and O–H groups in total. The van der Waals surface area contributed by atoms with Crippen LogP contribution >= 0.6 is 0 Å². The second-order valence-electron chi connectivity index (χ2n) is 8.43. The maximum atomic E-state index is 13.3. The first-order valence-corrected chi connectivity index (χ1v) is 12.3. The first-order valence-electron chi connectivity index (χ1n) is 12.3. The Morgan fingerprint density at radius 2 is 1.11 bits per heavy atom. The maximum absolute atomic E-state index is 13.3. The molecule has 4 heterocycles. The maximum Gasteiger partial charge on any atom is 3.00 e. The van der Waals surface area contributed by atoms with Crippen molar-refractivity contribution in [2.45, 2.75) is 6.18 Å². The minimum absolute atomic E-state index is 0. The molecule has 0 unspecified atom stereocenters. The van der Waals surface area contributed by atoms with Gasteiger partial charge >= 0.3 is 25.7 Å². The molecule has 0 bridgehead atoms. The Bertz CT molecular complexity index is 1670. The zero-order chi connectivity index (χ0) is 30.8. The van der Waals surface area contributed by atoms with E-state index >= 15 is 0 Å². The predicted molar refractivity (Wildman–Crippen MR) is 139 cm³/mol. The Labute approximate surface area is 259 Å². The number of hydrogen-bond acceptors (Lipinski definition) is 3. The van der Waals surface area contributed by atoms with Gasteiger partial charge < -0.3 is 10.1 Å². The van der Waals surface area contributed by atoms with E-state index in [9.17, 15) is 30.7 Å². The summed E-state index contributed by atoms with van der Waals surface area (Å²) in [6.07, 6.45) is 3.69. The van der Waals surface area contributed by atoms with Crippen LogP contribution in [-0.4, -0.2) is 15.1 Å². The van der Waals surface area contributed by atoms with Crippen LogP contribution in [0, 0.1) is 23.3 Å². The summed E-state index contributed by atoms with van der Waals surface area (Å²) in [4.78, 5) is 7.05. The third-order valence-electron chi connectivity index (χ3n) is 5.41. The molecule has 6 rings (SSSR count). The average molecular weight is 699 g/mol. The summed E-state index contributed by atoms with van der Waals surface area (Å²) in [6, 6.07) is 22.6. The van der Waals surface area contributed by atoms with Crippen molar-refractivity contribution in [3.05, 3.63) is 151 Å². The van der Waals surface area contributed by atoms with Gasteiger partial charge in [-0.25, -0.2) is 8.78 Å². The first kappa shape index (κ1) is 33.7. The van der Waals surface area contributed by atoms with E-state index in [0.29, 0.717) is 11.4 Å². The standard InChI is InChI=1S/2C11H8F2N.C8H4F3N4.Ru/c2*12-9-4-5-11(10(13)8-9)14-6-2-1-3-7-14;9-8(10,11)7-13-6(14-15-7)5-3-1-2-4-12-5;/h2*1-8H;1-4H;/q2*+1;-1;+3. The zero-order valence-electron chi connectivity index (χ0n) is 22.2. The van der Waals surface area contributed by atoms with Gasteiger partial charge in [0.1, 0.15) is 17.5 Å². The number of rotatable bonds is 3. The van der Waals surface area contributed by atoms with Gasteiger partial charge in [-0.15, -0.1) is 0 Å². The molecule has 223 valence electrons. The topological polar surface area (TPSA) is 60.5 Å². The Morgan fingerprint density at radius 3 is 1.50 bits per heavy atom. The van der Waals surface area contributed by atoms with Gasteiger partial charge in [0.2, 0.25) is 11.4 Å². The largest absolute Gasteiger partial charge is 3.00 e. The number of hydrogen-bond donors (Lipinski definition) is 0. The fourth-order valence-electron chi connectivity index (χ4n) is 3.46. The molecule has 0 aliphatic rings. The molecule has 0 saturated heterocycles. The molecule has 0 saturated carbocycles. The van der Waals surface area contributed by atoms with E-state index in [2.05, 4.69) is 20.2 Å². The van der Waals surface area contributed by atoms with E-state index in [1.165, 1.54) is 36.5 Å². The zero-order valence-corrected chi connectivity index (χ0v) is 24.0. The van der Waals surface area contributed by atoms with Crippen molar-refractivity contribution in [2.75, 3.05) is 0 Å². The molecule has 1 radical (unpaired) electrons. The van der Waals surface area contributed by atoms with E-state index in [-0.39, 0.29) is 31.0 Å². The monoisotopic (exact) mass is 699 g/mol. The van der Waals surface area contributed by atoms with Gasteiger partial charge in [-0.3, -0.25) is 10.1 Å². The van der Waals surface area contributed by atoms with Gasteiger partial charge in [-0.2, -0.15) is 31.1 Å². The molecule has 4 aromatic heterocycles. The van der Waals surface area contributed by atoms with Crippen LogP contribution in [0.3, 0.4) is 0 Å². The van der Waals surface area contributed by atoms with E-state index in [0.717, 1.165) is 12.1 Å². The van der Waals surface area contributed by atoms with Crippen LogP contribution in [0.5, 0.6) is 0 Å². The van der Waals surface area contributed by atoms with Gasteiger partial charge in [0.15, 0.2) is 36.4 Å². The number of nitrogens with zero attached hydrogens (tertiary/aromatic N) is 6. The minimum atomic E-state index is -4.57. The molecule has 44 heavy (non-hydrogen) atoms. The second kappa shape index (κ2) is 15.6. The average Bonchev–Trinajstić information content (AvgIpc) is 3.51. The molecule has 6 aromatic rings. The van der Waals surface area contributed by atoms with E-state index < -0.39 is 35.3 Å². The van der Waals surface area contributed by atoms with Gasteiger partial charge in [0, 0.05) is 54.7 Å². The van der Waals surface area contributed by atoms with Crippen LogP contribution in [0.15, 0.2) is 122 Å². The van der Waals surface area contributed by atoms with Crippen molar-refractivity contribution in [3.8, 4) is 22.9 Å². The van der Waals surface area contributed by atoms with Crippen molar-refractivity contribution in [1.29, 1.82) is 0 Å². The summed E-state index contributed by atoms with van der Waals surface area (Å²) in [6.45, 7) is 0. The first-order chi connectivity index (χ1) is 20.6. The number of pyridine rings is 3. The third-order valence-corrected chi connectivity index (χ3v) is 5.41. The molecule has 2 aromatic carbocycles. The van der Waals surface area contributed by atoms with Crippen molar-refractivity contribution < 1.29 is 59.3 Å². The van der Waals surface area contributed by atoms with Crippen molar-refractivity contribution >= 4 is 0 Å². The number of benzene rings is 2. The fourth-order valence-corrected chi connectivity index (χ4v) is 3.46. The molecular weight excluding hydrogens is 678 g/mol. The fraction of sp³-hybridized carbons (Fsp3) is 0.0333. The van der Waals surface area contributed by atoms with E-state index in [4.69, 9.17) is 0 Å². The van der Waals surface area contributed by atoms with Crippen LogP contribution < -0.4 is 14.2 Å². The smallest absolute Gasteiger partial charge is 0.413 e. The Morgan fingerprint density at radius 1 is 0.614 bits per heavy atom. The second-order valence-corrected chi connectivity index (χ2v) is 8.43. The molecule has 14 heteroatoms. The molecular formula is C30H20F7N6Ru+4. The molecule has 0 aliphatic heterocycles. The van der Waals surface area contributed by atoms with Crippen LogP contribution in [0.1, 0.15) is 5.82 Å². The Balaban J connectivity index is 0.000000178. The molecule has 0 amide bonds. The molecule has 6 nitrogen and oxygen atoms in total. The summed E-state index contributed by atoms with van der Waals surface area (Å²) in [5, 5.41) is 6.25.